The van der Waals surface area contributed by atoms with Gasteiger partial charge in [0.25, 0.3) is 5.91 Å². The summed E-state index contributed by atoms with van der Waals surface area (Å²) in [6.07, 6.45) is 0. The van der Waals surface area contributed by atoms with Crippen LogP contribution < -0.4 is 19.5 Å². The lowest BCUT2D eigenvalue weighted by atomic mass is 10.1. The van der Waals surface area contributed by atoms with E-state index in [1.54, 1.807) is 12.1 Å². The molecule has 8 heteroatoms. The van der Waals surface area contributed by atoms with Crippen molar-refractivity contribution in [1.29, 1.82) is 0 Å². The number of aryl methyl sites for hydroxylation is 1. The van der Waals surface area contributed by atoms with E-state index in [0.717, 1.165) is 10.0 Å². The van der Waals surface area contributed by atoms with Crippen LogP contribution in [0.2, 0.25) is 0 Å². The van der Waals surface area contributed by atoms with Crippen molar-refractivity contribution in [2.24, 2.45) is 0 Å². The van der Waals surface area contributed by atoms with E-state index >= 15 is 0 Å². The van der Waals surface area contributed by atoms with Gasteiger partial charge in [-0.05, 0) is 42.8 Å². The second-order valence-corrected chi connectivity index (χ2v) is 6.38. The Morgan fingerprint density at radius 3 is 2.30 bits per heavy atom. The molecule has 0 spiro atoms. The fraction of sp³-hybridized carbons (Fsp3) is 0.263. The minimum absolute atomic E-state index is 0.128. The van der Waals surface area contributed by atoms with Gasteiger partial charge in [0.2, 0.25) is 5.75 Å². The summed E-state index contributed by atoms with van der Waals surface area (Å²) in [5.41, 5.74) is 1.65. The minimum Gasteiger partial charge on any atom is -0.493 e. The molecule has 2 aromatic carbocycles. The Morgan fingerprint density at radius 1 is 1.00 bits per heavy atom. The highest BCUT2D eigenvalue weighted by molar-refractivity contribution is 9.10. The van der Waals surface area contributed by atoms with Crippen LogP contribution in [0.1, 0.15) is 15.9 Å². The average Bonchev–Trinajstić information content (AvgIpc) is 2.66. The highest BCUT2D eigenvalue weighted by Crippen LogP contribution is 2.39. The normalized spacial score (nSPS) is 10.1. The predicted octanol–water partition coefficient (Wildman–Crippen LogP) is 3.58. The van der Waals surface area contributed by atoms with Gasteiger partial charge in [0.15, 0.2) is 18.1 Å². The molecule has 1 N–H and O–H groups in total. The van der Waals surface area contributed by atoms with Gasteiger partial charge in [-0.1, -0.05) is 15.9 Å². The lowest BCUT2D eigenvalue weighted by molar-refractivity contribution is -0.119. The number of methoxy groups -OCH3 is 3. The first-order valence-corrected chi connectivity index (χ1v) is 8.72. The van der Waals surface area contributed by atoms with Gasteiger partial charge < -0.3 is 24.3 Å². The largest absolute Gasteiger partial charge is 0.493 e. The van der Waals surface area contributed by atoms with Crippen LogP contribution in [0, 0.1) is 6.92 Å². The maximum absolute atomic E-state index is 12.4. The number of halogens is 1. The molecule has 2 aromatic rings. The number of ether oxygens (including phenoxy) is 4. The summed E-state index contributed by atoms with van der Waals surface area (Å²) in [5.74, 6) is -0.312. The summed E-state index contributed by atoms with van der Waals surface area (Å²) in [6, 6.07) is 8.48. The number of benzene rings is 2. The Labute approximate surface area is 165 Å². The third-order valence-electron chi connectivity index (χ3n) is 3.72. The minimum atomic E-state index is -0.713. The Bertz CT molecular complexity index is 852. The van der Waals surface area contributed by atoms with E-state index in [-0.39, 0.29) is 17.1 Å². The zero-order valence-electron chi connectivity index (χ0n) is 15.4. The monoisotopic (exact) mass is 437 g/mol. The lowest BCUT2D eigenvalue weighted by Crippen LogP contribution is -2.21. The first-order chi connectivity index (χ1) is 12.9. The molecule has 0 radical (unpaired) electrons. The third kappa shape index (κ3) is 4.91. The number of hydrogen-bond donors (Lipinski definition) is 1. The van der Waals surface area contributed by atoms with Crippen molar-refractivity contribution in [2.75, 3.05) is 33.3 Å². The molecule has 0 fully saturated rings. The molecule has 0 bridgehead atoms. The summed E-state index contributed by atoms with van der Waals surface area (Å²) < 4.78 is 21.7. The van der Waals surface area contributed by atoms with Crippen LogP contribution in [0.4, 0.5) is 5.69 Å². The van der Waals surface area contributed by atoms with Gasteiger partial charge in [0, 0.05) is 10.2 Å². The zero-order chi connectivity index (χ0) is 20.0. The average molecular weight is 438 g/mol. The predicted molar refractivity (Wildman–Crippen MR) is 104 cm³/mol. The fourth-order valence-corrected chi connectivity index (χ4v) is 2.90. The van der Waals surface area contributed by atoms with Gasteiger partial charge in [0.1, 0.15) is 5.56 Å². The molecule has 27 heavy (non-hydrogen) atoms. The van der Waals surface area contributed by atoms with Crippen LogP contribution in [0.25, 0.3) is 0 Å². The smallest absolute Gasteiger partial charge is 0.342 e. The van der Waals surface area contributed by atoms with Crippen LogP contribution in [0.5, 0.6) is 17.2 Å². The van der Waals surface area contributed by atoms with E-state index in [9.17, 15) is 9.59 Å². The quantitative estimate of drug-likeness (QED) is 0.666. The second-order valence-electron chi connectivity index (χ2n) is 5.47. The fourth-order valence-electron chi connectivity index (χ4n) is 2.42. The Morgan fingerprint density at radius 2 is 1.70 bits per heavy atom. The van der Waals surface area contributed by atoms with Crippen molar-refractivity contribution in [3.05, 3.63) is 45.9 Å². The highest BCUT2D eigenvalue weighted by Gasteiger charge is 2.22. The molecule has 2 rings (SSSR count). The lowest BCUT2D eigenvalue weighted by Gasteiger charge is -2.15. The van der Waals surface area contributed by atoms with Gasteiger partial charge in [-0.25, -0.2) is 4.79 Å². The van der Waals surface area contributed by atoms with Gasteiger partial charge in [-0.3, -0.25) is 4.79 Å². The van der Waals surface area contributed by atoms with Crippen molar-refractivity contribution in [3.8, 4) is 17.2 Å². The molecule has 0 aliphatic rings. The van der Waals surface area contributed by atoms with Crippen molar-refractivity contribution < 1.29 is 28.5 Å². The molecule has 0 aromatic heterocycles. The number of rotatable bonds is 7. The summed E-state index contributed by atoms with van der Waals surface area (Å²) in [5, 5.41) is 2.70. The van der Waals surface area contributed by atoms with Crippen LogP contribution in [-0.2, 0) is 9.53 Å². The molecule has 0 unspecified atom stereocenters. The molecule has 144 valence electrons. The Hall–Kier alpha value is -2.74. The van der Waals surface area contributed by atoms with Crippen molar-refractivity contribution in [2.45, 2.75) is 6.92 Å². The highest BCUT2D eigenvalue weighted by atomic mass is 79.9. The summed E-state index contributed by atoms with van der Waals surface area (Å²) >= 11 is 3.36. The maximum Gasteiger partial charge on any atom is 0.342 e. The number of anilines is 1. The molecular formula is C19H20BrNO6. The zero-order valence-corrected chi connectivity index (χ0v) is 17.0. The van der Waals surface area contributed by atoms with E-state index in [0.29, 0.717) is 11.4 Å². The number of esters is 1. The molecule has 7 nitrogen and oxygen atoms in total. The molecule has 0 aliphatic carbocycles. The molecule has 0 saturated carbocycles. The number of carbonyl (C=O) groups is 2. The first-order valence-electron chi connectivity index (χ1n) is 7.93. The van der Waals surface area contributed by atoms with Gasteiger partial charge >= 0.3 is 5.97 Å². The standard InChI is InChI=1S/C19H20BrNO6/c1-11-9-12(20)5-7-14(11)21-16(22)10-27-19(23)13-6-8-15(24-2)18(26-4)17(13)25-3/h5-9H,10H2,1-4H3,(H,21,22). The number of nitrogens with one attached hydrogen (secondary N) is 1. The van der Waals surface area contributed by atoms with Gasteiger partial charge in [-0.2, -0.15) is 0 Å². The molecule has 0 saturated heterocycles. The van der Waals surface area contributed by atoms with Gasteiger partial charge in [-0.15, -0.1) is 0 Å². The third-order valence-corrected chi connectivity index (χ3v) is 4.21. The number of hydrogen-bond acceptors (Lipinski definition) is 6. The molecular weight excluding hydrogens is 418 g/mol. The Balaban J connectivity index is 2.08. The second kappa shape index (κ2) is 9.27. The summed E-state index contributed by atoms with van der Waals surface area (Å²) in [7, 11) is 4.31. The SMILES string of the molecule is COc1ccc(C(=O)OCC(=O)Nc2ccc(Br)cc2C)c(OC)c1OC. The number of carbonyl (C=O) groups excluding carboxylic acids is 2. The summed E-state index contributed by atoms with van der Waals surface area (Å²) in [6.45, 7) is 1.42. The Kier molecular flexibility index (Phi) is 7.06. The van der Waals surface area contributed by atoms with Crippen LogP contribution in [0.15, 0.2) is 34.8 Å². The molecule has 0 aliphatic heterocycles. The van der Waals surface area contributed by atoms with Crippen LogP contribution in [0.3, 0.4) is 0 Å². The maximum atomic E-state index is 12.4. The molecule has 0 atom stereocenters. The molecule has 0 heterocycles. The van der Waals surface area contributed by atoms with Crippen molar-refractivity contribution in [1.82, 2.24) is 0 Å². The first kappa shape index (κ1) is 20.6. The van der Waals surface area contributed by atoms with Gasteiger partial charge in [0.05, 0.1) is 21.3 Å². The number of amides is 1. The topological polar surface area (TPSA) is 83.1 Å². The van der Waals surface area contributed by atoms with E-state index in [2.05, 4.69) is 21.2 Å². The van der Waals surface area contributed by atoms with E-state index in [4.69, 9.17) is 18.9 Å². The van der Waals surface area contributed by atoms with Crippen LogP contribution >= 0.6 is 15.9 Å². The summed E-state index contributed by atoms with van der Waals surface area (Å²) in [4.78, 5) is 24.5. The molecule has 1 amide bonds. The van der Waals surface area contributed by atoms with E-state index < -0.39 is 18.5 Å². The van der Waals surface area contributed by atoms with E-state index in [1.165, 1.54) is 27.4 Å². The van der Waals surface area contributed by atoms with Crippen LogP contribution in [-0.4, -0.2) is 39.8 Å². The van der Waals surface area contributed by atoms with Crippen molar-refractivity contribution >= 4 is 33.5 Å². The van der Waals surface area contributed by atoms with E-state index in [1.807, 2.05) is 19.1 Å². The van der Waals surface area contributed by atoms with Crippen molar-refractivity contribution in [3.63, 3.8) is 0 Å².